The van der Waals surface area contributed by atoms with Gasteiger partial charge >= 0.3 is 0 Å². The molecule has 0 aromatic carbocycles. The van der Waals surface area contributed by atoms with Crippen LogP contribution in [0.1, 0.15) is 26.3 Å². The SMILES string of the molecule is CCN(C)C(=O)C(C)NCc1cnn(CC)c1. The lowest BCUT2D eigenvalue weighted by Gasteiger charge is -2.20. The van der Waals surface area contributed by atoms with E-state index in [1.165, 1.54) is 0 Å². The Labute approximate surface area is 103 Å². The highest BCUT2D eigenvalue weighted by Crippen LogP contribution is 1.99. The minimum Gasteiger partial charge on any atom is -0.345 e. The summed E-state index contributed by atoms with van der Waals surface area (Å²) in [7, 11) is 1.82. The fraction of sp³-hybridized carbons (Fsp3) is 0.667. The van der Waals surface area contributed by atoms with Crippen molar-refractivity contribution in [3.05, 3.63) is 18.0 Å². The Bertz CT molecular complexity index is 361. The first-order valence-corrected chi connectivity index (χ1v) is 6.08. The van der Waals surface area contributed by atoms with Crippen molar-refractivity contribution in [1.82, 2.24) is 20.0 Å². The van der Waals surface area contributed by atoms with Crippen LogP contribution in [0.4, 0.5) is 0 Å². The van der Waals surface area contributed by atoms with Gasteiger partial charge in [-0.25, -0.2) is 0 Å². The zero-order valence-corrected chi connectivity index (χ0v) is 11.1. The molecule has 0 aliphatic carbocycles. The first-order valence-electron chi connectivity index (χ1n) is 6.08. The molecule has 96 valence electrons. The monoisotopic (exact) mass is 238 g/mol. The van der Waals surface area contributed by atoms with E-state index >= 15 is 0 Å². The number of hydrogen-bond donors (Lipinski definition) is 1. The van der Waals surface area contributed by atoms with Crippen molar-refractivity contribution in [3.8, 4) is 0 Å². The Morgan fingerprint density at radius 3 is 2.82 bits per heavy atom. The van der Waals surface area contributed by atoms with Crippen LogP contribution in [0.3, 0.4) is 0 Å². The highest BCUT2D eigenvalue weighted by molar-refractivity contribution is 5.81. The number of aryl methyl sites for hydroxylation is 1. The van der Waals surface area contributed by atoms with Crippen molar-refractivity contribution < 1.29 is 4.79 Å². The van der Waals surface area contributed by atoms with Crippen LogP contribution in [-0.4, -0.2) is 40.2 Å². The molecule has 0 bridgehead atoms. The van der Waals surface area contributed by atoms with Crippen LogP contribution < -0.4 is 5.32 Å². The summed E-state index contributed by atoms with van der Waals surface area (Å²) < 4.78 is 1.88. The summed E-state index contributed by atoms with van der Waals surface area (Å²) in [5, 5.41) is 7.40. The molecule has 1 aromatic heterocycles. The Kier molecular flexibility index (Phi) is 5.15. The number of carbonyl (C=O) groups is 1. The van der Waals surface area contributed by atoms with Gasteiger partial charge in [0.15, 0.2) is 0 Å². The number of aromatic nitrogens is 2. The normalized spacial score (nSPS) is 12.5. The van der Waals surface area contributed by atoms with Gasteiger partial charge in [0.1, 0.15) is 0 Å². The van der Waals surface area contributed by atoms with Crippen molar-refractivity contribution in [3.63, 3.8) is 0 Å². The van der Waals surface area contributed by atoms with Crippen molar-refractivity contribution in [2.24, 2.45) is 0 Å². The molecule has 1 heterocycles. The van der Waals surface area contributed by atoms with Crippen molar-refractivity contribution in [2.75, 3.05) is 13.6 Å². The second-order valence-corrected chi connectivity index (χ2v) is 4.16. The largest absolute Gasteiger partial charge is 0.345 e. The van der Waals surface area contributed by atoms with E-state index in [9.17, 15) is 4.79 Å². The molecule has 0 fully saturated rings. The fourth-order valence-electron chi connectivity index (χ4n) is 1.52. The predicted octanol–water partition coefficient (Wildman–Crippen LogP) is 0.859. The molecule has 1 aromatic rings. The lowest BCUT2D eigenvalue weighted by atomic mass is 10.2. The summed E-state index contributed by atoms with van der Waals surface area (Å²) in [6.07, 6.45) is 3.82. The molecule has 1 atom stereocenters. The lowest BCUT2D eigenvalue weighted by molar-refractivity contribution is -0.131. The van der Waals surface area contributed by atoms with Gasteiger partial charge in [-0.2, -0.15) is 5.10 Å². The summed E-state index contributed by atoms with van der Waals surface area (Å²) in [5.41, 5.74) is 1.10. The Morgan fingerprint density at radius 2 is 2.29 bits per heavy atom. The van der Waals surface area contributed by atoms with E-state index in [0.29, 0.717) is 6.54 Å². The lowest BCUT2D eigenvalue weighted by Crippen LogP contribution is -2.42. The fourth-order valence-corrected chi connectivity index (χ4v) is 1.52. The third kappa shape index (κ3) is 3.85. The predicted molar refractivity (Wildman–Crippen MR) is 67.5 cm³/mol. The quantitative estimate of drug-likeness (QED) is 0.799. The van der Waals surface area contributed by atoms with Gasteiger partial charge in [-0.1, -0.05) is 0 Å². The molecule has 0 saturated heterocycles. The van der Waals surface area contributed by atoms with Crippen molar-refractivity contribution in [2.45, 2.75) is 39.9 Å². The average molecular weight is 238 g/mol. The van der Waals surface area contributed by atoms with Crippen LogP contribution in [-0.2, 0) is 17.9 Å². The average Bonchev–Trinajstić information content (AvgIpc) is 2.81. The number of nitrogens with one attached hydrogen (secondary N) is 1. The molecule has 0 aliphatic heterocycles. The molecular weight excluding hydrogens is 216 g/mol. The van der Waals surface area contributed by atoms with E-state index in [2.05, 4.69) is 10.4 Å². The van der Waals surface area contributed by atoms with Gasteiger partial charge in [0.25, 0.3) is 0 Å². The highest BCUT2D eigenvalue weighted by atomic mass is 16.2. The summed E-state index contributed by atoms with van der Waals surface area (Å²) in [6.45, 7) is 8.18. The molecule has 0 spiro atoms. The number of likely N-dealkylation sites (N-methyl/N-ethyl adjacent to an activating group) is 1. The molecule has 17 heavy (non-hydrogen) atoms. The number of hydrogen-bond acceptors (Lipinski definition) is 3. The molecule has 5 heteroatoms. The molecule has 0 saturated carbocycles. The second-order valence-electron chi connectivity index (χ2n) is 4.16. The summed E-state index contributed by atoms with van der Waals surface area (Å²) in [6, 6.07) is -0.162. The summed E-state index contributed by atoms with van der Waals surface area (Å²) in [4.78, 5) is 13.5. The molecule has 0 aliphatic rings. The number of rotatable bonds is 6. The van der Waals surface area contributed by atoms with Gasteiger partial charge in [0.2, 0.25) is 5.91 Å². The van der Waals surface area contributed by atoms with Gasteiger partial charge in [-0.3, -0.25) is 9.48 Å². The van der Waals surface area contributed by atoms with Gasteiger partial charge < -0.3 is 10.2 Å². The van der Waals surface area contributed by atoms with Crippen LogP contribution in [0.15, 0.2) is 12.4 Å². The number of nitrogens with zero attached hydrogens (tertiary/aromatic N) is 3. The Balaban J connectivity index is 2.42. The molecule has 1 rings (SSSR count). The van der Waals surface area contributed by atoms with Gasteiger partial charge in [-0.15, -0.1) is 0 Å². The van der Waals surface area contributed by atoms with Crippen LogP contribution in [0, 0.1) is 0 Å². The first kappa shape index (κ1) is 13.7. The number of carbonyl (C=O) groups excluding carboxylic acids is 1. The Morgan fingerprint density at radius 1 is 1.59 bits per heavy atom. The van der Waals surface area contributed by atoms with Crippen LogP contribution in [0.25, 0.3) is 0 Å². The summed E-state index contributed by atoms with van der Waals surface area (Å²) >= 11 is 0. The third-order valence-electron chi connectivity index (χ3n) is 2.84. The standard InChI is InChI=1S/C12H22N4O/c1-5-15(4)12(17)10(3)13-7-11-8-14-16(6-2)9-11/h8-10,13H,5-7H2,1-4H3. The Hall–Kier alpha value is -1.36. The topological polar surface area (TPSA) is 50.2 Å². The minimum absolute atomic E-state index is 0.121. The highest BCUT2D eigenvalue weighted by Gasteiger charge is 2.15. The zero-order chi connectivity index (χ0) is 12.8. The van der Waals surface area contributed by atoms with Crippen LogP contribution in [0.2, 0.25) is 0 Å². The second kappa shape index (κ2) is 6.39. The van der Waals surface area contributed by atoms with Crippen molar-refractivity contribution >= 4 is 5.91 Å². The zero-order valence-electron chi connectivity index (χ0n) is 11.1. The smallest absolute Gasteiger partial charge is 0.239 e. The third-order valence-corrected chi connectivity index (χ3v) is 2.84. The van der Waals surface area contributed by atoms with Crippen molar-refractivity contribution in [1.29, 1.82) is 0 Å². The van der Waals surface area contributed by atoms with Gasteiger partial charge in [0, 0.05) is 38.4 Å². The van der Waals surface area contributed by atoms with E-state index in [1.807, 2.05) is 44.9 Å². The van der Waals surface area contributed by atoms with E-state index in [0.717, 1.165) is 18.7 Å². The van der Waals surface area contributed by atoms with Crippen LogP contribution in [0.5, 0.6) is 0 Å². The molecule has 0 radical (unpaired) electrons. The molecular formula is C12H22N4O. The first-order chi connectivity index (χ1) is 8.08. The summed E-state index contributed by atoms with van der Waals surface area (Å²) in [5.74, 6) is 0.121. The van der Waals surface area contributed by atoms with Gasteiger partial charge in [-0.05, 0) is 20.8 Å². The van der Waals surface area contributed by atoms with E-state index in [4.69, 9.17) is 0 Å². The molecule has 1 N–H and O–H groups in total. The molecule has 5 nitrogen and oxygen atoms in total. The van der Waals surface area contributed by atoms with E-state index in [-0.39, 0.29) is 11.9 Å². The maximum Gasteiger partial charge on any atom is 0.239 e. The van der Waals surface area contributed by atoms with Crippen LogP contribution >= 0.6 is 0 Å². The molecule has 1 amide bonds. The molecule has 1 unspecified atom stereocenters. The number of amides is 1. The maximum absolute atomic E-state index is 11.8. The maximum atomic E-state index is 11.8. The minimum atomic E-state index is -0.162. The van der Waals surface area contributed by atoms with E-state index in [1.54, 1.807) is 4.90 Å². The van der Waals surface area contributed by atoms with E-state index < -0.39 is 0 Å². The van der Waals surface area contributed by atoms with Gasteiger partial charge in [0.05, 0.1) is 12.2 Å².